The number of carboxylic acid groups (broad SMARTS) is 1. The first-order valence-electron chi connectivity index (χ1n) is 4.88. The highest BCUT2D eigenvalue weighted by atomic mass is 32.2. The molecule has 8 heteroatoms. The highest BCUT2D eigenvalue weighted by Gasteiger charge is 2.13. The van der Waals surface area contributed by atoms with Gasteiger partial charge in [0.15, 0.2) is 0 Å². The van der Waals surface area contributed by atoms with Crippen molar-refractivity contribution < 1.29 is 18.7 Å². The van der Waals surface area contributed by atoms with E-state index in [1.165, 1.54) is 24.2 Å². The Morgan fingerprint density at radius 1 is 1.65 bits per heavy atom. The standard InChI is InChI=1S/C9H13F2N3O2S/c10-9(11)14-3-2-13-7(14)5-17-4-1-6(12)8(15)16/h2-3,6,9H,1,4-5,12H2,(H,15,16). The molecule has 0 aliphatic heterocycles. The third-order valence-electron chi connectivity index (χ3n) is 2.08. The molecule has 1 heterocycles. The number of thioether (sulfide) groups is 1. The van der Waals surface area contributed by atoms with Gasteiger partial charge in [-0.25, -0.2) is 4.98 Å². The molecule has 0 saturated carbocycles. The second-order valence-electron chi connectivity index (χ2n) is 3.31. The molecule has 96 valence electrons. The predicted octanol–water partition coefficient (Wildman–Crippen LogP) is 1.31. The Labute approximate surface area is 101 Å². The number of nitrogens with two attached hydrogens (primary N) is 1. The lowest BCUT2D eigenvalue weighted by atomic mass is 10.2. The van der Waals surface area contributed by atoms with Gasteiger partial charge in [-0.3, -0.25) is 9.36 Å². The summed E-state index contributed by atoms with van der Waals surface area (Å²) in [4.78, 5) is 14.2. The second kappa shape index (κ2) is 6.55. The molecule has 0 aliphatic carbocycles. The summed E-state index contributed by atoms with van der Waals surface area (Å²) in [7, 11) is 0. The molecule has 0 bridgehead atoms. The van der Waals surface area contributed by atoms with Crippen molar-refractivity contribution in [1.29, 1.82) is 0 Å². The van der Waals surface area contributed by atoms with Crippen molar-refractivity contribution in [2.75, 3.05) is 5.75 Å². The average molecular weight is 265 g/mol. The summed E-state index contributed by atoms with van der Waals surface area (Å²) < 4.78 is 25.6. The van der Waals surface area contributed by atoms with Crippen LogP contribution in [0.2, 0.25) is 0 Å². The van der Waals surface area contributed by atoms with Crippen LogP contribution in [0.4, 0.5) is 8.78 Å². The van der Waals surface area contributed by atoms with Crippen molar-refractivity contribution in [1.82, 2.24) is 9.55 Å². The zero-order valence-corrected chi connectivity index (χ0v) is 9.74. The fraction of sp³-hybridized carbons (Fsp3) is 0.556. The maximum absolute atomic E-state index is 12.4. The summed E-state index contributed by atoms with van der Waals surface area (Å²) in [5.74, 6) is 0.0151. The molecular formula is C9H13F2N3O2S. The first kappa shape index (κ1) is 13.9. The molecule has 1 unspecified atom stereocenters. The van der Waals surface area contributed by atoms with Crippen LogP contribution in [0, 0.1) is 0 Å². The number of hydrogen-bond acceptors (Lipinski definition) is 4. The lowest BCUT2D eigenvalue weighted by Gasteiger charge is -2.07. The van der Waals surface area contributed by atoms with Crippen molar-refractivity contribution in [3.8, 4) is 0 Å². The summed E-state index contributed by atoms with van der Waals surface area (Å²) in [6, 6.07) is -0.905. The highest BCUT2D eigenvalue weighted by molar-refractivity contribution is 7.98. The number of imidazole rings is 1. The molecule has 0 fully saturated rings. The quantitative estimate of drug-likeness (QED) is 0.726. The Bertz CT molecular complexity index is 373. The first-order valence-corrected chi connectivity index (χ1v) is 6.04. The third kappa shape index (κ3) is 4.31. The van der Waals surface area contributed by atoms with E-state index in [1.54, 1.807) is 0 Å². The van der Waals surface area contributed by atoms with Gasteiger partial charge in [-0.1, -0.05) is 0 Å². The zero-order chi connectivity index (χ0) is 12.8. The largest absolute Gasteiger partial charge is 0.480 e. The molecule has 17 heavy (non-hydrogen) atoms. The van der Waals surface area contributed by atoms with E-state index in [2.05, 4.69) is 4.98 Å². The lowest BCUT2D eigenvalue weighted by Crippen LogP contribution is -2.30. The van der Waals surface area contributed by atoms with E-state index < -0.39 is 18.6 Å². The van der Waals surface area contributed by atoms with Crippen LogP contribution in [0.1, 0.15) is 18.8 Å². The SMILES string of the molecule is NC(CCSCc1nccn1C(F)F)C(=O)O. The molecule has 0 amide bonds. The van der Waals surface area contributed by atoms with Crippen molar-refractivity contribution in [3.05, 3.63) is 18.2 Å². The minimum atomic E-state index is -2.60. The van der Waals surface area contributed by atoms with Crippen LogP contribution in [0.5, 0.6) is 0 Å². The number of hydrogen-bond donors (Lipinski definition) is 2. The summed E-state index contributed by atoms with van der Waals surface area (Å²) in [6.45, 7) is -2.60. The van der Waals surface area contributed by atoms with E-state index in [1.807, 2.05) is 0 Å². The number of aliphatic carboxylic acids is 1. The number of aromatic nitrogens is 2. The van der Waals surface area contributed by atoms with Gasteiger partial charge in [0.1, 0.15) is 11.9 Å². The van der Waals surface area contributed by atoms with Crippen LogP contribution >= 0.6 is 11.8 Å². The Kier molecular flexibility index (Phi) is 5.36. The van der Waals surface area contributed by atoms with Gasteiger partial charge in [-0.05, 0) is 12.2 Å². The molecule has 0 radical (unpaired) electrons. The Hall–Kier alpha value is -1.15. The first-order chi connectivity index (χ1) is 8.02. The van der Waals surface area contributed by atoms with Gasteiger partial charge >= 0.3 is 12.5 Å². The maximum Gasteiger partial charge on any atom is 0.320 e. The van der Waals surface area contributed by atoms with Crippen LogP contribution in [0.15, 0.2) is 12.4 Å². The molecular weight excluding hydrogens is 252 g/mol. The van der Waals surface area contributed by atoms with Crippen molar-refractivity contribution in [3.63, 3.8) is 0 Å². The Morgan fingerprint density at radius 3 is 2.94 bits per heavy atom. The van der Waals surface area contributed by atoms with E-state index in [-0.39, 0.29) is 5.82 Å². The molecule has 3 N–H and O–H groups in total. The van der Waals surface area contributed by atoms with Crippen molar-refractivity contribution in [2.24, 2.45) is 5.73 Å². The van der Waals surface area contributed by atoms with E-state index >= 15 is 0 Å². The summed E-state index contributed by atoms with van der Waals surface area (Å²) >= 11 is 1.33. The minimum absolute atomic E-state index is 0.272. The number of halogens is 2. The summed E-state index contributed by atoms with van der Waals surface area (Å²) in [5, 5.41) is 8.53. The molecule has 0 spiro atoms. The van der Waals surface area contributed by atoms with Crippen LogP contribution in [0.3, 0.4) is 0 Å². The molecule has 1 aromatic heterocycles. The Morgan fingerprint density at radius 2 is 2.35 bits per heavy atom. The predicted molar refractivity (Wildman–Crippen MR) is 59.9 cm³/mol. The van der Waals surface area contributed by atoms with Crippen LogP contribution in [0.25, 0.3) is 0 Å². The fourth-order valence-electron chi connectivity index (χ4n) is 1.13. The van der Waals surface area contributed by atoms with Gasteiger partial charge in [-0.15, -0.1) is 0 Å². The molecule has 1 rings (SSSR count). The van der Waals surface area contributed by atoms with E-state index in [0.29, 0.717) is 17.9 Å². The fourth-order valence-corrected chi connectivity index (χ4v) is 2.10. The molecule has 0 aliphatic rings. The molecule has 1 aromatic rings. The van der Waals surface area contributed by atoms with Crippen LogP contribution in [-0.2, 0) is 10.5 Å². The van der Waals surface area contributed by atoms with Crippen LogP contribution in [-0.4, -0.2) is 32.4 Å². The Balaban J connectivity index is 2.31. The van der Waals surface area contributed by atoms with E-state index in [9.17, 15) is 13.6 Å². The monoisotopic (exact) mass is 265 g/mol. The number of alkyl halides is 2. The van der Waals surface area contributed by atoms with E-state index in [0.717, 1.165) is 4.57 Å². The smallest absolute Gasteiger partial charge is 0.320 e. The molecule has 5 nitrogen and oxygen atoms in total. The van der Waals surface area contributed by atoms with Gasteiger partial charge in [-0.2, -0.15) is 20.5 Å². The van der Waals surface area contributed by atoms with E-state index in [4.69, 9.17) is 10.8 Å². The number of carboxylic acids is 1. The number of rotatable bonds is 7. The van der Waals surface area contributed by atoms with Gasteiger partial charge in [0.2, 0.25) is 0 Å². The molecule has 0 aromatic carbocycles. The summed E-state index contributed by atoms with van der Waals surface area (Å²) in [6.07, 6.45) is 2.82. The number of carbonyl (C=O) groups is 1. The molecule has 1 atom stereocenters. The average Bonchev–Trinajstić information content (AvgIpc) is 2.72. The van der Waals surface area contributed by atoms with Crippen molar-refractivity contribution in [2.45, 2.75) is 24.8 Å². The van der Waals surface area contributed by atoms with Gasteiger partial charge < -0.3 is 10.8 Å². The van der Waals surface area contributed by atoms with Gasteiger partial charge in [0, 0.05) is 12.4 Å². The third-order valence-corrected chi connectivity index (χ3v) is 3.07. The van der Waals surface area contributed by atoms with Crippen molar-refractivity contribution >= 4 is 17.7 Å². The lowest BCUT2D eigenvalue weighted by molar-refractivity contribution is -0.138. The minimum Gasteiger partial charge on any atom is -0.480 e. The topological polar surface area (TPSA) is 81.1 Å². The number of nitrogens with zero attached hydrogens (tertiary/aromatic N) is 2. The van der Waals surface area contributed by atoms with Gasteiger partial charge in [0.25, 0.3) is 0 Å². The highest BCUT2D eigenvalue weighted by Crippen LogP contribution is 2.17. The second-order valence-corrected chi connectivity index (χ2v) is 4.42. The normalized spacial score (nSPS) is 12.9. The van der Waals surface area contributed by atoms with Crippen LogP contribution < -0.4 is 5.73 Å². The summed E-state index contributed by atoms with van der Waals surface area (Å²) in [5.41, 5.74) is 5.30. The zero-order valence-electron chi connectivity index (χ0n) is 8.92. The molecule has 0 saturated heterocycles. The van der Waals surface area contributed by atoms with Gasteiger partial charge in [0.05, 0.1) is 5.75 Å². The maximum atomic E-state index is 12.4.